The maximum atomic E-state index is 12.5. The molecular formula is C14H14N2O3S2. The fourth-order valence-electron chi connectivity index (χ4n) is 1.83. The van der Waals surface area contributed by atoms with Gasteiger partial charge in [-0.05, 0) is 18.2 Å². The summed E-state index contributed by atoms with van der Waals surface area (Å²) in [6, 6.07) is 12.2. The van der Waals surface area contributed by atoms with Gasteiger partial charge in [-0.2, -0.15) is 9.57 Å². The molecule has 0 aliphatic rings. The summed E-state index contributed by atoms with van der Waals surface area (Å²) < 4.78 is 31.5. The molecule has 0 N–H and O–H groups in total. The number of para-hydroxylation sites is 1. The molecule has 0 saturated heterocycles. The Bertz CT molecular complexity index is 776. The van der Waals surface area contributed by atoms with Crippen LogP contribution >= 0.6 is 11.3 Å². The molecular weight excluding hydrogens is 308 g/mol. The lowest BCUT2D eigenvalue weighted by molar-refractivity contribution is 0.398. The molecule has 0 radical (unpaired) electrons. The zero-order valence-corrected chi connectivity index (χ0v) is 13.2. The molecule has 1 aromatic carbocycles. The SMILES string of the molecule is COc1ccccc1CN(C)S(=O)(=O)c1ccc(C#N)s1. The highest BCUT2D eigenvalue weighted by molar-refractivity contribution is 7.91. The molecule has 7 heteroatoms. The molecule has 21 heavy (non-hydrogen) atoms. The van der Waals surface area contributed by atoms with Crippen molar-refractivity contribution in [2.45, 2.75) is 10.8 Å². The van der Waals surface area contributed by atoms with Crippen LogP contribution < -0.4 is 4.74 Å². The van der Waals surface area contributed by atoms with Crippen molar-refractivity contribution in [3.05, 3.63) is 46.8 Å². The lowest BCUT2D eigenvalue weighted by Gasteiger charge is -2.17. The molecule has 1 heterocycles. The Kier molecular flexibility index (Phi) is 4.63. The summed E-state index contributed by atoms with van der Waals surface area (Å²) in [7, 11) is -0.551. The van der Waals surface area contributed by atoms with Crippen molar-refractivity contribution < 1.29 is 13.2 Å². The molecule has 5 nitrogen and oxygen atoms in total. The zero-order valence-electron chi connectivity index (χ0n) is 11.6. The number of benzene rings is 1. The van der Waals surface area contributed by atoms with Gasteiger partial charge in [0.15, 0.2) is 0 Å². The van der Waals surface area contributed by atoms with Crippen molar-refractivity contribution in [2.24, 2.45) is 0 Å². The zero-order chi connectivity index (χ0) is 15.5. The number of ether oxygens (including phenoxy) is 1. The van der Waals surface area contributed by atoms with Gasteiger partial charge in [0.2, 0.25) is 0 Å². The van der Waals surface area contributed by atoms with Crippen LogP contribution in [0.3, 0.4) is 0 Å². The molecule has 0 atom stereocenters. The molecule has 2 rings (SSSR count). The standard InChI is InChI=1S/C14H14N2O3S2/c1-16(10-11-5-3-4-6-13(11)19-2)21(17,18)14-8-7-12(9-15)20-14/h3-8H,10H2,1-2H3. The van der Waals surface area contributed by atoms with Crippen molar-refractivity contribution in [3.8, 4) is 11.8 Å². The molecule has 0 unspecified atom stereocenters. The van der Waals surface area contributed by atoms with E-state index in [4.69, 9.17) is 10.00 Å². The van der Waals surface area contributed by atoms with E-state index in [1.54, 1.807) is 13.2 Å². The molecule has 0 amide bonds. The number of methoxy groups -OCH3 is 1. The lowest BCUT2D eigenvalue weighted by atomic mass is 10.2. The summed E-state index contributed by atoms with van der Waals surface area (Å²) in [6.45, 7) is 0.201. The van der Waals surface area contributed by atoms with Gasteiger partial charge >= 0.3 is 0 Å². The van der Waals surface area contributed by atoms with Crippen LogP contribution in [-0.4, -0.2) is 26.9 Å². The van der Waals surface area contributed by atoms with Gasteiger partial charge in [0, 0.05) is 19.2 Å². The van der Waals surface area contributed by atoms with Gasteiger partial charge in [0.05, 0.1) is 7.11 Å². The second-order valence-corrected chi connectivity index (χ2v) is 7.66. The van der Waals surface area contributed by atoms with E-state index < -0.39 is 10.0 Å². The van der Waals surface area contributed by atoms with E-state index in [-0.39, 0.29) is 10.8 Å². The van der Waals surface area contributed by atoms with E-state index in [0.29, 0.717) is 10.6 Å². The lowest BCUT2D eigenvalue weighted by Crippen LogP contribution is -2.26. The van der Waals surface area contributed by atoms with Crippen molar-refractivity contribution in [1.29, 1.82) is 5.26 Å². The van der Waals surface area contributed by atoms with Crippen LogP contribution in [-0.2, 0) is 16.6 Å². The van der Waals surface area contributed by atoms with Gasteiger partial charge in [0.25, 0.3) is 10.0 Å². The van der Waals surface area contributed by atoms with E-state index in [9.17, 15) is 8.42 Å². The van der Waals surface area contributed by atoms with Gasteiger partial charge in [0.1, 0.15) is 20.9 Å². The Hall–Kier alpha value is -1.88. The first-order chi connectivity index (χ1) is 9.98. The summed E-state index contributed by atoms with van der Waals surface area (Å²) in [5.74, 6) is 0.642. The Balaban J connectivity index is 2.27. The summed E-state index contributed by atoms with van der Waals surface area (Å²) in [5.41, 5.74) is 0.781. The van der Waals surface area contributed by atoms with Crippen LogP contribution in [0, 0.1) is 11.3 Å². The number of rotatable bonds is 5. The molecule has 0 aliphatic carbocycles. The first kappa shape index (κ1) is 15.5. The maximum absolute atomic E-state index is 12.5. The number of thiophene rings is 1. The number of hydrogen-bond acceptors (Lipinski definition) is 5. The highest BCUT2D eigenvalue weighted by Crippen LogP contribution is 2.26. The van der Waals surface area contributed by atoms with Crippen LogP contribution in [0.4, 0.5) is 0 Å². The van der Waals surface area contributed by atoms with Crippen LogP contribution in [0.15, 0.2) is 40.6 Å². The Morgan fingerprint density at radius 1 is 1.29 bits per heavy atom. The predicted octanol–water partition coefficient (Wildman–Crippen LogP) is 2.45. The van der Waals surface area contributed by atoms with Gasteiger partial charge in [-0.1, -0.05) is 18.2 Å². The molecule has 110 valence electrons. The molecule has 0 spiro atoms. The largest absolute Gasteiger partial charge is 0.496 e. The van der Waals surface area contributed by atoms with Crippen molar-refractivity contribution in [3.63, 3.8) is 0 Å². The summed E-state index contributed by atoms with van der Waals surface area (Å²) >= 11 is 0.967. The molecule has 2 aromatic rings. The van der Waals surface area contributed by atoms with E-state index in [1.807, 2.05) is 24.3 Å². The predicted molar refractivity (Wildman–Crippen MR) is 80.7 cm³/mol. The highest BCUT2D eigenvalue weighted by Gasteiger charge is 2.23. The van der Waals surface area contributed by atoms with Gasteiger partial charge in [-0.3, -0.25) is 0 Å². The third-order valence-electron chi connectivity index (χ3n) is 2.94. The van der Waals surface area contributed by atoms with E-state index >= 15 is 0 Å². The van der Waals surface area contributed by atoms with Crippen molar-refractivity contribution >= 4 is 21.4 Å². The smallest absolute Gasteiger partial charge is 0.252 e. The van der Waals surface area contributed by atoms with E-state index in [0.717, 1.165) is 16.9 Å². The monoisotopic (exact) mass is 322 g/mol. The maximum Gasteiger partial charge on any atom is 0.252 e. The van der Waals surface area contributed by atoms with Crippen molar-refractivity contribution in [2.75, 3.05) is 14.2 Å². The Morgan fingerprint density at radius 3 is 2.62 bits per heavy atom. The fourth-order valence-corrected chi connectivity index (χ4v) is 4.29. The number of nitrogens with zero attached hydrogens (tertiary/aromatic N) is 2. The van der Waals surface area contributed by atoms with Gasteiger partial charge < -0.3 is 4.74 Å². The molecule has 0 bridgehead atoms. The normalized spacial score (nSPS) is 11.3. The fraction of sp³-hybridized carbons (Fsp3) is 0.214. The first-order valence-electron chi connectivity index (χ1n) is 6.07. The second-order valence-electron chi connectivity index (χ2n) is 4.30. The van der Waals surface area contributed by atoms with E-state index in [1.165, 1.54) is 23.5 Å². The van der Waals surface area contributed by atoms with Crippen LogP contribution in [0.5, 0.6) is 5.75 Å². The van der Waals surface area contributed by atoms with Crippen LogP contribution in [0.25, 0.3) is 0 Å². The van der Waals surface area contributed by atoms with Gasteiger partial charge in [-0.25, -0.2) is 8.42 Å². The topological polar surface area (TPSA) is 70.4 Å². The van der Waals surface area contributed by atoms with Crippen LogP contribution in [0.1, 0.15) is 10.4 Å². The minimum absolute atomic E-state index is 0.163. The average molecular weight is 322 g/mol. The number of sulfonamides is 1. The van der Waals surface area contributed by atoms with Crippen molar-refractivity contribution in [1.82, 2.24) is 4.31 Å². The first-order valence-corrected chi connectivity index (χ1v) is 8.33. The number of nitriles is 1. The molecule has 0 fully saturated rings. The molecule has 1 aromatic heterocycles. The summed E-state index contributed by atoms with van der Waals surface area (Å²) in [5, 5.41) is 8.79. The van der Waals surface area contributed by atoms with Gasteiger partial charge in [-0.15, -0.1) is 11.3 Å². The van der Waals surface area contributed by atoms with Crippen LogP contribution in [0.2, 0.25) is 0 Å². The third kappa shape index (κ3) is 3.24. The minimum atomic E-state index is -3.61. The number of hydrogen-bond donors (Lipinski definition) is 0. The third-order valence-corrected chi connectivity index (χ3v) is 6.20. The molecule has 0 saturated carbocycles. The summed E-state index contributed by atoms with van der Waals surface area (Å²) in [4.78, 5) is 0.374. The Morgan fingerprint density at radius 2 is 2.00 bits per heavy atom. The summed E-state index contributed by atoms with van der Waals surface area (Å²) in [6.07, 6.45) is 0. The Labute approximate surface area is 128 Å². The molecule has 0 aliphatic heterocycles. The second kappa shape index (κ2) is 6.26. The highest BCUT2D eigenvalue weighted by atomic mass is 32.2. The quantitative estimate of drug-likeness (QED) is 0.848. The minimum Gasteiger partial charge on any atom is -0.496 e. The van der Waals surface area contributed by atoms with E-state index in [2.05, 4.69) is 0 Å². The average Bonchev–Trinajstić information content (AvgIpc) is 2.97.